The topological polar surface area (TPSA) is 79.2 Å². The molecule has 0 spiro atoms. The second-order valence-corrected chi connectivity index (χ2v) is 5.24. The number of fused-ring (bicyclic) bond motifs is 1. The highest BCUT2D eigenvalue weighted by Gasteiger charge is 2.46. The zero-order valence-corrected chi connectivity index (χ0v) is 10.6. The third-order valence-corrected chi connectivity index (χ3v) is 3.92. The van der Waals surface area contributed by atoms with Gasteiger partial charge in [-0.1, -0.05) is 13.0 Å². The minimum atomic E-state index is -0.883. The van der Waals surface area contributed by atoms with Crippen molar-refractivity contribution in [3.63, 3.8) is 0 Å². The predicted molar refractivity (Wildman–Crippen MR) is 65.0 cm³/mol. The standard InChI is InChI=1S/C13H22O5/c1-3-7(2)13-8(15)4-11-12(18-13)5-10(17-11)9(16)6-14/h3,7-16H,1,4-6H2,2H3/t7-,8-,9-,10?,11+,12+,13-/m0/s1. The molecule has 0 aromatic heterocycles. The lowest BCUT2D eigenvalue weighted by Gasteiger charge is -2.37. The van der Waals surface area contributed by atoms with Crippen LogP contribution in [0.4, 0.5) is 0 Å². The molecule has 18 heavy (non-hydrogen) atoms. The largest absolute Gasteiger partial charge is 0.394 e. The van der Waals surface area contributed by atoms with E-state index in [2.05, 4.69) is 6.58 Å². The molecule has 0 aromatic carbocycles. The first-order valence-corrected chi connectivity index (χ1v) is 6.47. The Kier molecular flexibility index (Phi) is 4.40. The molecule has 1 unspecified atom stereocenters. The van der Waals surface area contributed by atoms with Crippen LogP contribution in [0.2, 0.25) is 0 Å². The van der Waals surface area contributed by atoms with Crippen LogP contribution in [0.5, 0.6) is 0 Å². The third kappa shape index (κ3) is 2.60. The highest BCUT2D eigenvalue weighted by Crippen LogP contribution is 2.36. The van der Waals surface area contributed by atoms with Gasteiger partial charge in [-0.2, -0.15) is 0 Å². The number of hydrogen-bond acceptors (Lipinski definition) is 5. The molecule has 3 N–H and O–H groups in total. The highest BCUT2D eigenvalue weighted by atomic mass is 16.6. The van der Waals surface area contributed by atoms with Crippen LogP contribution in [0.25, 0.3) is 0 Å². The number of ether oxygens (including phenoxy) is 2. The molecule has 2 aliphatic rings. The Bertz CT molecular complexity index is 295. The van der Waals surface area contributed by atoms with E-state index in [0.717, 1.165) is 0 Å². The van der Waals surface area contributed by atoms with Crippen molar-refractivity contribution in [3.05, 3.63) is 12.7 Å². The summed E-state index contributed by atoms with van der Waals surface area (Å²) in [7, 11) is 0. The summed E-state index contributed by atoms with van der Waals surface area (Å²) in [5.74, 6) is 0.0720. The lowest BCUT2D eigenvalue weighted by molar-refractivity contribution is -0.167. The molecule has 0 saturated carbocycles. The van der Waals surface area contributed by atoms with Crippen molar-refractivity contribution in [2.24, 2.45) is 5.92 Å². The summed E-state index contributed by atoms with van der Waals surface area (Å²) in [6.07, 6.45) is 0.376. The van der Waals surface area contributed by atoms with Crippen molar-refractivity contribution in [1.82, 2.24) is 0 Å². The fourth-order valence-corrected chi connectivity index (χ4v) is 2.74. The van der Waals surface area contributed by atoms with Crippen LogP contribution in [0.3, 0.4) is 0 Å². The SMILES string of the molecule is C=C[C@H](C)[C@@H]1O[C@@H]2CC([C@@H](O)CO)O[C@@H]2C[C@@H]1O. The summed E-state index contributed by atoms with van der Waals surface area (Å²) in [4.78, 5) is 0. The first-order valence-electron chi connectivity index (χ1n) is 6.47. The molecule has 0 bridgehead atoms. The Hall–Kier alpha value is -0.460. The summed E-state index contributed by atoms with van der Waals surface area (Å²) in [5, 5.41) is 28.5. The second kappa shape index (κ2) is 5.67. The van der Waals surface area contributed by atoms with Crippen LogP contribution in [-0.4, -0.2) is 58.6 Å². The third-order valence-electron chi connectivity index (χ3n) is 3.92. The van der Waals surface area contributed by atoms with Crippen LogP contribution in [0.1, 0.15) is 19.8 Å². The fourth-order valence-electron chi connectivity index (χ4n) is 2.74. The van der Waals surface area contributed by atoms with E-state index in [1.54, 1.807) is 6.08 Å². The molecule has 0 aliphatic carbocycles. The van der Waals surface area contributed by atoms with Crippen molar-refractivity contribution < 1.29 is 24.8 Å². The van der Waals surface area contributed by atoms with Crippen molar-refractivity contribution in [2.45, 2.75) is 56.4 Å². The summed E-state index contributed by atoms with van der Waals surface area (Å²) >= 11 is 0. The summed E-state index contributed by atoms with van der Waals surface area (Å²) in [6.45, 7) is 5.35. The number of hydrogen-bond donors (Lipinski definition) is 3. The Morgan fingerprint density at radius 3 is 2.61 bits per heavy atom. The molecular formula is C13H22O5. The summed E-state index contributed by atoms with van der Waals surface area (Å²) < 4.78 is 11.5. The molecule has 0 aromatic rings. The number of aliphatic hydroxyl groups is 3. The van der Waals surface area contributed by atoms with Gasteiger partial charge in [-0.05, 0) is 0 Å². The van der Waals surface area contributed by atoms with E-state index < -0.39 is 18.3 Å². The van der Waals surface area contributed by atoms with Gasteiger partial charge in [0, 0.05) is 18.8 Å². The molecule has 104 valence electrons. The van der Waals surface area contributed by atoms with Gasteiger partial charge in [-0.3, -0.25) is 0 Å². The van der Waals surface area contributed by atoms with Crippen molar-refractivity contribution in [3.8, 4) is 0 Å². The van der Waals surface area contributed by atoms with E-state index >= 15 is 0 Å². The Balaban J connectivity index is 1.99. The first-order chi connectivity index (χ1) is 8.56. The summed E-state index contributed by atoms with van der Waals surface area (Å²) in [6, 6.07) is 0. The van der Waals surface area contributed by atoms with Gasteiger partial charge in [0.15, 0.2) is 0 Å². The van der Waals surface area contributed by atoms with E-state index in [0.29, 0.717) is 12.8 Å². The molecule has 0 amide bonds. The van der Waals surface area contributed by atoms with E-state index in [-0.39, 0.29) is 30.8 Å². The molecule has 2 heterocycles. The predicted octanol–water partition coefficient (Wildman–Crippen LogP) is -0.162. The van der Waals surface area contributed by atoms with Crippen LogP contribution < -0.4 is 0 Å². The highest BCUT2D eigenvalue weighted by molar-refractivity contribution is 4.97. The maximum absolute atomic E-state index is 10.0. The van der Waals surface area contributed by atoms with Crippen LogP contribution >= 0.6 is 0 Å². The van der Waals surface area contributed by atoms with Gasteiger partial charge in [0.1, 0.15) is 6.10 Å². The van der Waals surface area contributed by atoms with Gasteiger partial charge in [0.2, 0.25) is 0 Å². The molecule has 0 radical (unpaired) electrons. The smallest absolute Gasteiger partial charge is 0.103 e. The van der Waals surface area contributed by atoms with Crippen LogP contribution in [0, 0.1) is 5.92 Å². The second-order valence-electron chi connectivity index (χ2n) is 5.24. The molecule has 7 atom stereocenters. The van der Waals surface area contributed by atoms with Gasteiger partial charge in [-0.15, -0.1) is 6.58 Å². The van der Waals surface area contributed by atoms with Crippen molar-refractivity contribution >= 4 is 0 Å². The van der Waals surface area contributed by atoms with Crippen LogP contribution in [-0.2, 0) is 9.47 Å². The molecule has 5 heteroatoms. The average Bonchev–Trinajstić information content (AvgIpc) is 2.78. The molecule has 2 aliphatic heterocycles. The lowest BCUT2D eigenvalue weighted by atomic mass is 9.90. The Morgan fingerprint density at radius 2 is 2.00 bits per heavy atom. The number of aliphatic hydroxyl groups excluding tert-OH is 3. The molecular weight excluding hydrogens is 236 g/mol. The molecule has 2 rings (SSSR count). The van der Waals surface area contributed by atoms with Gasteiger partial charge in [0.25, 0.3) is 0 Å². The van der Waals surface area contributed by atoms with E-state index in [1.807, 2.05) is 6.92 Å². The molecule has 5 nitrogen and oxygen atoms in total. The van der Waals surface area contributed by atoms with Gasteiger partial charge in [0.05, 0.1) is 37.1 Å². The fraction of sp³-hybridized carbons (Fsp3) is 0.846. The minimum Gasteiger partial charge on any atom is -0.394 e. The Labute approximate surface area is 107 Å². The first kappa shape index (κ1) is 14.0. The van der Waals surface area contributed by atoms with Gasteiger partial charge in [-0.25, -0.2) is 0 Å². The zero-order valence-electron chi connectivity index (χ0n) is 10.6. The molecule has 2 saturated heterocycles. The monoisotopic (exact) mass is 258 g/mol. The summed E-state index contributed by atoms with van der Waals surface area (Å²) in [5.41, 5.74) is 0. The van der Waals surface area contributed by atoms with Gasteiger partial charge < -0.3 is 24.8 Å². The quantitative estimate of drug-likeness (QED) is 0.611. The Morgan fingerprint density at radius 1 is 1.33 bits per heavy atom. The maximum atomic E-state index is 10.0. The van der Waals surface area contributed by atoms with Gasteiger partial charge >= 0.3 is 0 Å². The molecule has 2 fully saturated rings. The minimum absolute atomic E-state index is 0.0720. The van der Waals surface area contributed by atoms with E-state index in [1.165, 1.54) is 0 Å². The zero-order chi connectivity index (χ0) is 13.3. The lowest BCUT2D eigenvalue weighted by Crippen LogP contribution is -2.47. The maximum Gasteiger partial charge on any atom is 0.103 e. The number of rotatable bonds is 4. The van der Waals surface area contributed by atoms with Crippen molar-refractivity contribution in [1.29, 1.82) is 0 Å². The van der Waals surface area contributed by atoms with E-state index in [4.69, 9.17) is 14.6 Å². The van der Waals surface area contributed by atoms with E-state index in [9.17, 15) is 10.2 Å². The normalized spacial score (nSPS) is 43.2. The average molecular weight is 258 g/mol. The van der Waals surface area contributed by atoms with Crippen LogP contribution in [0.15, 0.2) is 12.7 Å². The van der Waals surface area contributed by atoms with Crippen molar-refractivity contribution in [2.75, 3.05) is 6.61 Å².